The lowest BCUT2D eigenvalue weighted by molar-refractivity contribution is -0.137. The van der Waals surface area contributed by atoms with Gasteiger partial charge in [0.05, 0.1) is 12.3 Å². The Balaban J connectivity index is 1.53. The highest BCUT2D eigenvalue weighted by molar-refractivity contribution is 6.04. The number of hydrogen-bond acceptors (Lipinski definition) is 4. The maximum atomic E-state index is 13.7. The Hall–Kier alpha value is -3.81. The van der Waals surface area contributed by atoms with Gasteiger partial charge in [0.2, 0.25) is 0 Å². The van der Waals surface area contributed by atoms with Crippen LogP contribution in [-0.4, -0.2) is 28.3 Å². The normalized spacial score (nSPS) is 12.7. The zero-order valence-electron chi connectivity index (χ0n) is 17.4. The molecule has 0 radical (unpaired) electrons. The summed E-state index contributed by atoms with van der Waals surface area (Å²) in [7, 11) is 0. The topological polar surface area (TPSA) is 73.2 Å². The second-order valence-electron chi connectivity index (χ2n) is 7.30. The lowest BCUT2D eigenvalue weighted by Gasteiger charge is -2.06. The van der Waals surface area contributed by atoms with Crippen molar-refractivity contribution in [2.75, 3.05) is 11.9 Å². The number of nitrogens with one attached hydrogen (secondary N) is 1. The zero-order valence-corrected chi connectivity index (χ0v) is 17.4. The molecule has 2 aromatic carbocycles. The Bertz CT molecular complexity index is 1200. The molecular weight excluding hydrogens is 416 g/mol. The molecule has 0 saturated heterocycles. The van der Waals surface area contributed by atoms with Gasteiger partial charge in [-0.15, -0.1) is 0 Å². The molecule has 0 unspecified atom stereocenters. The number of nitrogens with zero attached hydrogens (tertiary/aromatic N) is 2. The lowest BCUT2D eigenvalue weighted by atomic mass is 10.1. The van der Waals surface area contributed by atoms with Crippen molar-refractivity contribution in [1.29, 1.82) is 0 Å². The Labute approximate surface area is 183 Å². The minimum absolute atomic E-state index is 0.272. The molecule has 164 valence electrons. The maximum Gasteiger partial charge on any atom is 0.330 e. The predicted octanol–water partition coefficient (Wildman–Crippen LogP) is 4.47. The molecule has 0 aliphatic heterocycles. The van der Waals surface area contributed by atoms with Crippen LogP contribution in [0.5, 0.6) is 0 Å². The van der Waals surface area contributed by atoms with Crippen LogP contribution in [0, 0.1) is 11.6 Å². The number of esters is 1. The minimum Gasteiger partial charge on any atom is -0.463 e. The fourth-order valence-corrected chi connectivity index (χ4v) is 3.67. The summed E-state index contributed by atoms with van der Waals surface area (Å²) in [5, 5.41) is 7.23. The van der Waals surface area contributed by atoms with Gasteiger partial charge in [0.15, 0.2) is 17.3 Å². The Morgan fingerprint density at radius 1 is 1.12 bits per heavy atom. The molecule has 1 aromatic heterocycles. The van der Waals surface area contributed by atoms with Gasteiger partial charge in [0.1, 0.15) is 0 Å². The van der Waals surface area contributed by atoms with Crippen LogP contribution < -0.4 is 5.32 Å². The third-order valence-electron chi connectivity index (χ3n) is 5.16. The highest BCUT2D eigenvalue weighted by atomic mass is 19.2. The molecular formula is C24H21F2N3O3. The Morgan fingerprint density at radius 2 is 1.91 bits per heavy atom. The van der Waals surface area contributed by atoms with Crippen LogP contribution in [0.2, 0.25) is 0 Å². The number of amides is 1. The van der Waals surface area contributed by atoms with Crippen LogP contribution in [0.15, 0.2) is 48.5 Å². The first-order chi connectivity index (χ1) is 15.5. The summed E-state index contributed by atoms with van der Waals surface area (Å²) in [5.74, 6) is -2.70. The molecule has 1 heterocycles. The van der Waals surface area contributed by atoms with Crippen LogP contribution in [0.3, 0.4) is 0 Å². The largest absolute Gasteiger partial charge is 0.463 e. The van der Waals surface area contributed by atoms with Crippen molar-refractivity contribution in [2.45, 2.75) is 26.2 Å². The zero-order chi connectivity index (χ0) is 22.7. The maximum absolute atomic E-state index is 13.7. The molecule has 0 fully saturated rings. The standard InChI is InChI=1S/C24H21F2N3O3/c1-2-32-22(30)13-8-15-6-9-16(10-7-15)27-24(31)23-18-4-3-5-21(18)29(28-23)17-11-12-19(25)20(26)14-17/h6-14H,2-5H2,1H3,(H,27,31). The van der Waals surface area contributed by atoms with Gasteiger partial charge in [0.25, 0.3) is 5.91 Å². The van der Waals surface area contributed by atoms with E-state index in [1.165, 1.54) is 16.8 Å². The third kappa shape index (κ3) is 4.44. The van der Waals surface area contributed by atoms with Gasteiger partial charge >= 0.3 is 5.97 Å². The number of anilines is 1. The van der Waals surface area contributed by atoms with Crippen molar-refractivity contribution < 1.29 is 23.1 Å². The average molecular weight is 437 g/mol. The van der Waals surface area contributed by atoms with E-state index in [9.17, 15) is 18.4 Å². The van der Waals surface area contributed by atoms with E-state index >= 15 is 0 Å². The molecule has 4 rings (SSSR count). The first kappa shape index (κ1) is 21.4. The summed E-state index contributed by atoms with van der Waals surface area (Å²) < 4.78 is 33.4. The van der Waals surface area contributed by atoms with Crippen molar-refractivity contribution >= 4 is 23.6 Å². The number of carbonyl (C=O) groups is 2. The Morgan fingerprint density at radius 3 is 2.62 bits per heavy atom. The van der Waals surface area contributed by atoms with E-state index in [0.717, 1.165) is 35.4 Å². The molecule has 1 amide bonds. The van der Waals surface area contributed by atoms with Crippen LogP contribution in [0.1, 0.15) is 40.7 Å². The number of aromatic nitrogens is 2. The van der Waals surface area contributed by atoms with E-state index in [2.05, 4.69) is 10.4 Å². The molecule has 8 heteroatoms. The molecule has 0 saturated carbocycles. The highest BCUT2D eigenvalue weighted by Crippen LogP contribution is 2.29. The van der Waals surface area contributed by atoms with Gasteiger partial charge in [-0.05, 0) is 62.1 Å². The molecule has 1 aliphatic rings. The number of carbonyl (C=O) groups excluding carboxylic acids is 2. The number of hydrogen-bond donors (Lipinski definition) is 1. The van der Waals surface area contributed by atoms with E-state index in [4.69, 9.17) is 4.74 Å². The van der Waals surface area contributed by atoms with Gasteiger partial charge in [-0.3, -0.25) is 4.79 Å². The fourth-order valence-electron chi connectivity index (χ4n) is 3.67. The van der Waals surface area contributed by atoms with Crippen molar-refractivity contribution in [2.24, 2.45) is 0 Å². The first-order valence-electron chi connectivity index (χ1n) is 10.3. The minimum atomic E-state index is -0.965. The molecule has 1 N–H and O–H groups in total. The van der Waals surface area contributed by atoms with Gasteiger partial charge < -0.3 is 10.1 Å². The van der Waals surface area contributed by atoms with E-state index in [1.54, 1.807) is 37.3 Å². The second-order valence-corrected chi connectivity index (χ2v) is 7.30. The van der Waals surface area contributed by atoms with E-state index in [-0.39, 0.29) is 11.6 Å². The van der Waals surface area contributed by atoms with Crippen molar-refractivity contribution in [3.63, 3.8) is 0 Å². The number of fused-ring (bicyclic) bond motifs is 1. The van der Waals surface area contributed by atoms with Gasteiger partial charge in [0, 0.05) is 29.1 Å². The van der Waals surface area contributed by atoms with Crippen LogP contribution >= 0.6 is 0 Å². The van der Waals surface area contributed by atoms with E-state index < -0.39 is 17.6 Å². The summed E-state index contributed by atoms with van der Waals surface area (Å²) in [6.45, 7) is 2.04. The summed E-state index contributed by atoms with van der Waals surface area (Å²) in [6.07, 6.45) is 5.22. The predicted molar refractivity (Wildman–Crippen MR) is 116 cm³/mol. The molecule has 32 heavy (non-hydrogen) atoms. The molecule has 1 aliphatic carbocycles. The third-order valence-corrected chi connectivity index (χ3v) is 5.16. The number of rotatable bonds is 6. The summed E-state index contributed by atoms with van der Waals surface area (Å²) >= 11 is 0. The number of benzene rings is 2. The summed E-state index contributed by atoms with van der Waals surface area (Å²) in [5.41, 5.74) is 3.64. The first-order valence-corrected chi connectivity index (χ1v) is 10.3. The van der Waals surface area contributed by atoms with Crippen LogP contribution in [0.25, 0.3) is 11.8 Å². The fraction of sp³-hybridized carbons (Fsp3) is 0.208. The second kappa shape index (κ2) is 9.13. The average Bonchev–Trinajstić information content (AvgIpc) is 3.38. The summed E-state index contributed by atoms with van der Waals surface area (Å²) in [6, 6.07) is 10.5. The van der Waals surface area contributed by atoms with Crippen molar-refractivity contribution in [3.05, 3.63) is 82.7 Å². The van der Waals surface area contributed by atoms with E-state index in [1.807, 2.05) is 0 Å². The molecule has 3 aromatic rings. The summed E-state index contributed by atoms with van der Waals surface area (Å²) in [4.78, 5) is 24.3. The molecule has 0 atom stereocenters. The number of halogens is 2. The number of ether oxygens (including phenoxy) is 1. The molecule has 0 spiro atoms. The Kier molecular flexibility index (Phi) is 6.11. The van der Waals surface area contributed by atoms with E-state index in [0.29, 0.717) is 30.8 Å². The molecule has 0 bridgehead atoms. The lowest BCUT2D eigenvalue weighted by Crippen LogP contribution is -2.15. The van der Waals surface area contributed by atoms with Crippen LogP contribution in [-0.2, 0) is 22.4 Å². The van der Waals surface area contributed by atoms with Crippen molar-refractivity contribution in [1.82, 2.24) is 9.78 Å². The van der Waals surface area contributed by atoms with Crippen molar-refractivity contribution in [3.8, 4) is 5.69 Å². The van der Waals surface area contributed by atoms with Gasteiger partial charge in [-0.25, -0.2) is 18.3 Å². The smallest absolute Gasteiger partial charge is 0.330 e. The SMILES string of the molecule is CCOC(=O)C=Cc1ccc(NC(=O)c2nn(-c3ccc(F)c(F)c3)c3c2CCC3)cc1. The monoisotopic (exact) mass is 437 g/mol. The molecule has 6 nitrogen and oxygen atoms in total. The highest BCUT2D eigenvalue weighted by Gasteiger charge is 2.27. The van der Waals surface area contributed by atoms with Gasteiger partial charge in [-0.1, -0.05) is 12.1 Å². The quantitative estimate of drug-likeness (QED) is 0.456. The van der Waals surface area contributed by atoms with Crippen LogP contribution in [0.4, 0.5) is 14.5 Å². The van der Waals surface area contributed by atoms with Gasteiger partial charge in [-0.2, -0.15) is 5.10 Å².